The molecule has 0 radical (unpaired) electrons. The fourth-order valence-electron chi connectivity index (χ4n) is 1.82. The Bertz CT molecular complexity index is 493. The van der Waals surface area contributed by atoms with Gasteiger partial charge in [-0.25, -0.2) is 0 Å². The Labute approximate surface area is 95.5 Å². The van der Waals surface area contributed by atoms with E-state index in [-0.39, 0.29) is 5.41 Å². The molecule has 0 aliphatic carbocycles. The first-order chi connectivity index (χ1) is 7.51. The van der Waals surface area contributed by atoms with Crippen LogP contribution < -0.4 is 5.73 Å². The summed E-state index contributed by atoms with van der Waals surface area (Å²) >= 11 is 0. The second-order valence-corrected chi connectivity index (χ2v) is 5.27. The fourth-order valence-corrected chi connectivity index (χ4v) is 1.82. The van der Waals surface area contributed by atoms with Crippen LogP contribution in [0.15, 0.2) is 18.2 Å². The topological polar surface area (TPSA) is 56.2 Å². The van der Waals surface area contributed by atoms with Crippen LogP contribution in [0.4, 0.5) is 0 Å². The van der Waals surface area contributed by atoms with Crippen LogP contribution >= 0.6 is 0 Å². The summed E-state index contributed by atoms with van der Waals surface area (Å²) in [6, 6.07) is 5.94. The molecule has 2 rings (SSSR count). The van der Waals surface area contributed by atoms with Crippen LogP contribution in [0.3, 0.4) is 0 Å². The summed E-state index contributed by atoms with van der Waals surface area (Å²) in [4.78, 5) is 0. The van der Waals surface area contributed by atoms with E-state index in [2.05, 4.69) is 35.4 Å². The number of nitrogens with zero attached hydrogens (tertiary/aromatic N) is 3. The van der Waals surface area contributed by atoms with Gasteiger partial charge in [-0.3, -0.25) is 4.40 Å². The Morgan fingerprint density at radius 3 is 2.62 bits per heavy atom. The van der Waals surface area contributed by atoms with Gasteiger partial charge in [0.1, 0.15) is 5.82 Å². The second kappa shape index (κ2) is 3.87. The summed E-state index contributed by atoms with van der Waals surface area (Å²) < 4.78 is 2.06. The molecule has 0 aliphatic rings. The van der Waals surface area contributed by atoms with Gasteiger partial charge < -0.3 is 5.73 Å². The highest BCUT2D eigenvalue weighted by Gasteiger charge is 2.17. The van der Waals surface area contributed by atoms with Gasteiger partial charge in [0.2, 0.25) is 0 Å². The molecule has 0 fully saturated rings. The van der Waals surface area contributed by atoms with E-state index in [0.29, 0.717) is 6.54 Å². The molecular weight excluding hydrogens is 200 g/mol. The first-order valence-electron chi connectivity index (χ1n) is 5.53. The van der Waals surface area contributed by atoms with Crippen molar-refractivity contribution in [3.05, 3.63) is 29.7 Å². The molecule has 0 aliphatic heterocycles. The molecular formula is C12H18N4. The summed E-state index contributed by atoms with van der Waals surface area (Å²) in [5.41, 5.74) is 7.86. The lowest BCUT2D eigenvalue weighted by molar-refractivity contribution is 0.398. The molecule has 0 unspecified atom stereocenters. The first-order valence-corrected chi connectivity index (χ1v) is 5.53. The van der Waals surface area contributed by atoms with Crippen molar-refractivity contribution < 1.29 is 0 Å². The molecule has 0 aromatic carbocycles. The number of fused-ring (bicyclic) bond motifs is 1. The molecule has 2 N–H and O–H groups in total. The van der Waals surface area contributed by atoms with E-state index in [0.717, 1.165) is 23.6 Å². The monoisotopic (exact) mass is 218 g/mol. The van der Waals surface area contributed by atoms with Gasteiger partial charge in [0.25, 0.3) is 0 Å². The maximum atomic E-state index is 5.73. The molecule has 2 aromatic heterocycles. The Morgan fingerprint density at radius 2 is 2.00 bits per heavy atom. The molecule has 2 heterocycles. The maximum Gasteiger partial charge on any atom is 0.161 e. The van der Waals surface area contributed by atoms with Crippen LogP contribution in [-0.2, 0) is 13.0 Å². The SMILES string of the molecule is CC(C)(C)Cc1nnc2cccc(CN)n12. The predicted molar refractivity (Wildman–Crippen MR) is 64.0 cm³/mol. The molecule has 0 saturated heterocycles. The van der Waals surface area contributed by atoms with Crippen LogP contribution in [0.1, 0.15) is 32.3 Å². The Kier molecular flexibility index (Phi) is 2.68. The summed E-state index contributed by atoms with van der Waals surface area (Å²) in [6.07, 6.45) is 0.894. The molecule has 0 saturated carbocycles. The van der Waals surface area contributed by atoms with Crippen molar-refractivity contribution in [3.63, 3.8) is 0 Å². The van der Waals surface area contributed by atoms with Crippen molar-refractivity contribution >= 4 is 5.65 Å². The number of pyridine rings is 1. The molecule has 86 valence electrons. The molecule has 4 heteroatoms. The van der Waals surface area contributed by atoms with Crippen LogP contribution in [0.2, 0.25) is 0 Å². The van der Waals surface area contributed by atoms with Crippen LogP contribution in [0.5, 0.6) is 0 Å². The molecule has 0 bridgehead atoms. The van der Waals surface area contributed by atoms with E-state index in [4.69, 9.17) is 5.73 Å². The normalized spacial score (nSPS) is 12.2. The lowest BCUT2D eigenvalue weighted by atomic mass is 9.92. The average Bonchev–Trinajstić information content (AvgIpc) is 2.59. The molecule has 2 aromatic rings. The number of hydrogen-bond acceptors (Lipinski definition) is 3. The standard InChI is InChI=1S/C12H18N4/c1-12(2,3)7-11-15-14-10-6-4-5-9(8-13)16(10)11/h4-6H,7-8,13H2,1-3H3. The highest BCUT2D eigenvalue weighted by atomic mass is 15.3. The van der Waals surface area contributed by atoms with Crippen molar-refractivity contribution in [2.24, 2.45) is 11.1 Å². The smallest absolute Gasteiger partial charge is 0.161 e. The predicted octanol–water partition coefficient (Wildman–Crippen LogP) is 1.78. The lowest BCUT2D eigenvalue weighted by Gasteiger charge is -2.17. The molecule has 0 atom stereocenters. The van der Waals surface area contributed by atoms with Gasteiger partial charge in [0, 0.05) is 18.7 Å². The van der Waals surface area contributed by atoms with E-state index in [9.17, 15) is 0 Å². The Morgan fingerprint density at radius 1 is 1.25 bits per heavy atom. The minimum absolute atomic E-state index is 0.199. The maximum absolute atomic E-state index is 5.73. The highest BCUT2D eigenvalue weighted by Crippen LogP contribution is 2.20. The quantitative estimate of drug-likeness (QED) is 0.836. The number of rotatable bonds is 2. The van der Waals surface area contributed by atoms with Gasteiger partial charge in [-0.15, -0.1) is 10.2 Å². The Balaban J connectivity index is 2.54. The zero-order valence-electron chi connectivity index (χ0n) is 10.1. The third kappa shape index (κ3) is 2.07. The van der Waals surface area contributed by atoms with Crippen molar-refractivity contribution in [1.82, 2.24) is 14.6 Å². The molecule has 0 spiro atoms. The van der Waals surface area contributed by atoms with Gasteiger partial charge in [-0.05, 0) is 17.5 Å². The van der Waals surface area contributed by atoms with Crippen molar-refractivity contribution in [3.8, 4) is 0 Å². The van der Waals surface area contributed by atoms with Gasteiger partial charge in [0.05, 0.1) is 0 Å². The highest BCUT2D eigenvalue weighted by molar-refractivity contribution is 5.40. The summed E-state index contributed by atoms with van der Waals surface area (Å²) in [7, 11) is 0. The third-order valence-electron chi connectivity index (χ3n) is 2.47. The van der Waals surface area contributed by atoms with Gasteiger partial charge >= 0.3 is 0 Å². The minimum atomic E-state index is 0.199. The van der Waals surface area contributed by atoms with E-state index in [1.54, 1.807) is 0 Å². The molecule has 16 heavy (non-hydrogen) atoms. The van der Waals surface area contributed by atoms with Gasteiger partial charge in [-0.2, -0.15) is 0 Å². The molecule has 0 amide bonds. The second-order valence-electron chi connectivity index (χ2n) is 5.27. The average molecular weight is 218 g/mol. The van der Waals surface area contributed by atoms with Crippen molar-refractivity contribution in [1.29, 1.82) is 0 Å². The van der Waals surface area contributed by atoms with Crippen LogP contribution in [-0.4, -0.2) is 14.6 Å². The third-order valence-corrected chi connectivity index (χ3v) is 2.47. The van der Waals surface area contributed by atoms with E-state index in [1.165, 1.54) is 0 Å². The van der Waals surface area contributed by atoms with Gasteiger partial charge in [-0.1, -0.05) is 26.8 Å². The number of nitrogens with two attached hydrogens (primary N) is 1. The zero-order valence-corrected chi connectivity index (χ0v) is 10.1. The zero-order chi connectivity index (χ0) is 11.8. The van der Waals surface area contributed by atoms with Crippen LogP contribution in [0.25, 0.3) is 5.65 Å². The van der Waals surface area contributed by atoms with Crippen molar-refractivity contribution in [2.45, 2.75) is 33.7 Å². The summed E-state index contributed by atoms with van der Waals surface area (Å²) in [5.74, 6) is 0.989. The summed E-state index contributed by atoms with van der Waals surface area (Å²) in [6.45, 7) is 7.09. The minimum Gasteiger partial charge on any atom is -0.325 e. The number of hydrogen-bond donors (Lipinski definition) is 1. The van der Waals surface area contributed by atoms with Crippen molar-refractivity contribution in [2.75, 3.05) is 0 Å². The molecule has 4 nitrogen and oxygen atoms in total. The lowest BCUT2D eigenvalue weighted by Crippen LogP contribution is -2.14. The van der Waals surface area contributed by atoms with E-state index in [1.807, 2.05) is 18.2 Å². The summed E-state index contributed by atoms with van der Waals surface area (Å²) in [5, 5.41) is 8.42. The number of aromatic nitrogens is 3. The fraction of sp³-hybridized carbons (Fsp3) is 0.500. The first kappa shape index (κ1) is 11.1. The largest absolute Gasteiger partial charge is 0.325 e. The van der Waals surface area contributed by atoms with Crippen LogP contribution in [0, 0.1) is 5.41 Å². The van der Waals surface area contributed by atoms with E-state index >= 15 is 0 Å². The Hall–Kier alpha value is -1.42. The van der Waals surface area contributed by atoms with Gasteiger partial charge in [0.15, 0.2) is 5.65 Å². The van der Waals surface area contributed by atoms with E-state index < -0.39 is 0 Å².